The van der Waals surface area contributed by atoms with Crippen molar-refractivity contribution < 1.29 is 22.7 Å². The van der Waals surface area contributed by atoms with Crippen LogP contribution in [0.1, 0.15) is 29.0 Å². The summed E-state index contributed by atoms with van der Waals surface area (Å²) in [6, 6.07) is 11.8. The van der Waals surface area contributed by atoms with E-state index in [-0.39, 0.29) is 6.42 Å². The van der Waals surface area contributed by atoms with E-state index < -0.39 is 23.6 Å². The number of methoxy groups -OCH3 is 1. The van der Waals surface area contributed by atoms with Crippen LogP contribution < -0.4 is 10.5 Å². The van der Waals surface area contributed by atoms with Crippen molar-refractivity contribution in [3.8, 4) is 5.75 Å². The van der Waals surface area contributed by atoms with Gasteiger partial charge in [0.15, 0.2) is 0 Å². The molecule has 0 radical (unpaired) electrons. The Bertz CT molecular complexity index is 664. The second-order valence-corrected chi connectivity index (χ2v) is 5.12. The highest BCUT2D eigenvalue weighted by Gasteiger charge is 2.30. The van der Waals surface area contributed by atoms with Gasteiger partial charge < -0.3 is 10.5 Å². The Balaban J connectivity index is 2.35. The van der Waals surface area contributed by atoms with E-state index in [0.29, 0.717) is 11.3 Å². The van der Waals surface area contributed by atoms with Crippen LogP contribution in [-0.2, 0) is 11.0 Å². The fourth-order valence-electron chi connectivity index (χ4n) is 2.37. The average molecular weight is 323 g/mol. The van der Waals surface area contributed by atoms with Gasteiger partial charge in [-0.1, -0.05) is 24.3 Å². The molecule has 0 heterocycles. The van der Waals surface area contributed by atoms with Gasteiger partial charge in [0.25, 0.3) is 0 Å². The monoisotopic (exact) mass is 323 g/mol. The summed E-state index contributed by atoms with van der Waals surface area (Å²) in [5.41, 5.74) is 5.93. The molecule has 0 spiro atoms. The first kappa shape index (κ1) is 16.9. The molecule has 0 saturated carbocycles. The van der Waals surface area contributed by atoms with Crippen molar-refractivity contribution in [3.63, 3.8) is 0 Å². The number of halogens is 3. The molecule has 122 valence electrons. The maximum atomic E-state index is 12.6. The van der Waals surface area contributed by atoms with Crippen molar-refractivity contribution in [1.29, 1.82) is 0 Å². The first-order chi connectivity index (χ1) is 10.8. The molecule has 0 aliphatic heterocycles. The highest BCUT2D eigenvalue weighted by atomic mass is 19.4. The summed E-state index contributed by atoms with van der Waals surface area (Å²) < 4.78 is 43.0. The number of rotatable bonds is 5. The summed E-state index contributed by atoms with van der Waals surface area (Å²) in [5, 5.41) is 0. The normalized spacial score (nSPS) is 12.7. The van der Waals surface area contributed by atoms with E-state index in [1.165, 1.54) is 19.2 Å². The van der Waals surface area contributed by atoms with E-state index in [1.54, 1.807) is 24.3 Å². The molecule has 0 fully saturated rings. The summed E-state index contributed by atoms with van der Waals surface area (Å²) in [6.45, 7) is 0. The van der Waals surface area contributed by atoms with Crippen molar-refractivity contribution in [1.82, 2.24) is 0 Å². The lowest BCUT2D eigenvalue weighted by atomic mass is 9.88. The minimum Gasteiger partial charge on any atom is -0.497 e. The standard InChI is InChI=1S/C17H16F3NO2/c1-23-14-8-4-12(5-9-14)15(10-16(21)22)11-2-6-13(7-3-11)17(18,19)20/h2-9,15H,10H2,1H3,(H2,21,22). The third-order valence-electron chi connectivity index (χ3n) is 3.56. The molecule has 0 aliphatic rings. The van der Waals surface area contributed by atoms with Crippen molar-refractivity contribution >= 4 is 5.91 Å². The topological polar surface area (TPSA) is 52.3 Å². The van der Waals surface area contributed by atoms with Gasteiger partial charge in [-0.25, -0.2) is 0 Å². The van der Waals surface area contributed by atoms with Gasteiger partial charge in [-0.3, -0.25) is 4.79 Å². The number of hydrogen-bond acceptors (Lipinski definition) is 2. The zero-order valence-electron chi connectivity index (χ0n) is 12.4. The summed E-state index contributed by atoms with van der Waals surface area (Å²) in [4.78, 5) is 11.3. The van der Waals surface area contributed by atoms with Crippen molar-refractivity contribution in [3.05, 3.63) is 65.2 Å². The van der Waals surface area contributed by atoms with Crippen LogP contribution in [0.4, 0.5) is 13.2 Å². The van der Waals surface area contributed by atoms with Crippen LogP contribution in [0.3, 0.4) is 0 Å². The Morgan fingerprint density at radius 2 is 1.52 bits per heavy atom. The van der Waals surface area contributed by atoms with E-state index in [9.17, 15) is 18.0 Å². The minimum absolute atomic E-state index is 0.0116. The Morgan fingerprint density at radius 3 is 1.91 bits per heavy atom. The first-order valence-electron chi connectivity index (χ1n) is 6.90. The molecule has 1 atom stereocenters. The smallest absolute Gasteiger partial charge is 0.416 e. The Kier molecular flexibility index (Phi) is 4.93. The van der Waals surface area contributed by atoms with Gasteiger partial charge in [-0.05, 0) is 35.4 Å². The fraction of sp³-hybridized carbons (Fsp3) is 0.235. The zero-order valence-corrected chi connectivity index (χ0v) is 12.4. The Labute approximate surface area is 131 Å². The number of hydrogen-bond donors (Lipinski definition) is 1. The highest BCUT2D eigenvalue weighted by Crippen LogP contribution is 2.33. The third-order valence-corrected chi connectivity index (χ3v) is 3.56. The molecule has 2 aromatic rings. The molecular weight excluding hydrogens is 307 g/mol. The maximum Gasteiger partial charge on any atom is 0.416 e. The number of amides is 1. The molecule has 0 aliphatic carbocycles. The number of carbonyl (C=O) groups excluding carboxylic acids is 1. The number of carbonyl (C=O) groups is 1. The van der Waals surface area contributed by atoms with E-state index in [1.807, 2.05) is 0 Å². The molecule has 0 bridgehead atoms. The third kappa shape index (κ3) is 4.25. The minimum atomic E-state index is -4.39. The van der Waals surface area contributed by atoms with Crippen LogP contribution >= 0.6 is 0 Å². The molecular formula is C17H16F3NO2. The van der Waals surface area contributed by atoms with Crippen LogP contribution in [-0.4, -0.2) is 13.0 Å². The van der Waals surface area contributed by atoms with E-state index >= 15 is 0 Å². The predicted molar refractivity (Wildman–Crippen MR) is 80.1 cm³/mol. The van der Waals surface area contributed by atoms with Crippen LogP contribution in [0.25, 0.3) is 0 Å². The number of nitrogens with two attached hydrogens (primary N) is 1. The molecule has 2 N–H and O–H groups in total. The molecule has 1 amide bonds. The lowest BCUT2D eigenvalue weighted by Gasteiger charge is -2.18. The first-order valence-corrected chi connectivity index (χ1v) is 6.90. The molecule has 23 heavy (non-hydrogen) atoms. The number of primary amides is 1. The molecule has 6 heteroatoms. The molecule has 2 aromatic carbocycles. The molecule has 3 nitrogen and oxygen atoms in total. The fourth-order valence-corrected chi connectivity index (χ4v) is 2.37. The summed E-state index contributed by atoms with van der Waals surface area (Å²) in [5.74, 6) is -0.273. The van der Waals surface area contributed by atoms with Gasteiger partial charge in [-0.15, -0.1) is 0 Å². The molecule has 0 saturated heterocycles. The van der Waals surface area contributed by atoms with Crippen LogP contribution in [0.2, 0.25) is 0 Å². The SMILES string of the molecule is COc1ccc(C(CC(N)=O)c2ccc(C(F)(F)F)cc2)cc1. The summed E-state index contributed by atoms with van der Waals surface area (Å²) >= 11 is 0. The Morgan fingerprint density at radius 1 is 1.04 bits per heavy atom. The lowest BCUT2D eigenvalue weighted by Crippen LogP contribution is -2.16. The number of benzene rings is 2. The average Bonchev–Trinajstić information content (AvgIpc) is 2.52. The van der Waals surface area contributed by atoms with Gasteiger partial charge in [0.2, 0.25) is 5.91 Å². The molecule has 2 rings (SSSR count). The van der Waals surface area contributed by atoms with Gasteiger partial charge in [0, 0.05) is 12.3 Å². The molecule has 1 unspecified atom stereocenters. The summed E-state index contributed by atoms with van der Waals surface area (Å²) in [7, 11) is 1.53. The quantitative estimate of drug-likeness (QED) is 0.912. The van der Waals surface area contributed by atoms with Crippen molar-refractivity contribution in [2.45, 2.75) is 18.5 Å². The molecule has 0 aromatic heterocycles. The van der Waals surface area contributed by atoms with Crippen LogP contribution in [0, 0.1) is 0 Å². The van der Waals surface area contributed by atoms with E-state index in [0.717, 1.165) is 17.7 Å². The number of alkyl halides is 3. The van der Waals surface area contributed by atoms with Gasteiger partial charge in [0.05, 0.1) is 12.7 Å². The van der Waals surface area contributed by atoms with E-state index in [4.69, 9.17) is 10.5 Å². The largest absolute Gasteiger partial charge is 0.497 e. The van der Waals surface area contributed by atoms with Gasteiger partial charge in [0.1, 0.15) is 5.75 Å². The Hall–Kier alpha value is -2.50. The predicted octanol–water partition coefficient (Wildman–Crippen LogP) is 3.72. The number of ether oxygens (including phenoxy) is 1. The van der Waals surface area contributed by atoms with Gasteiger partial charge >= 0.3 is 6.18 Å². The highest BCUT2D eigenvalue weighted by molar-refractivity contribution is 5.75. The van der Waals surface area contributed by atoms with E-state index in [2.05, 4.69) is 0 Å². The lowest BCUT2D eigenvalue weighted by molar-refractivity contribution is -0.137. The van der Waals surface area contributed by atoms with Gasteiger partial charge in [-0.2, -0.15) is 13.2 Å². The second-order valence-electron chi connectivity index (χ2n) is 5.12. The maximum absolute atomic E-state index is 12.6. The summed E-state index contributed by atoms with van der Waals surface area (Å²) in [6.07, 6.45) is -4.38. The van der Waals surface area contributed by atoms with Crippen LogP contribution in [0.5, 0.6) is 5.75 Å². The second kappa shape index (κ2) is 6.73. The van der Waals surface area contributed by atoms with Crippen LogP contribution in [0.15, 0.2) is 48.5 Å². The zero-order chi connectivity index (χ0) is 17.0. The van der Waals surface area contributed by atoms with Crippen molar-refractivity contribution in [2.24, 2.45) is 5.73 Å². The van der Waals surface area contributed by atoms with Crippen molar-refractivity contribution in [2.75, 3.05) is 7.11 Å².